The highest BCUT2D eigenvalue weighted by Gasteiger charge is 2.12. The van der Waals surface area contributed by atoms with Gasteiger partial charge < -0.3 is 9.47 Å². The van der Waals surface area contributed by atoms with Gasteiger partial charge in [0.1, 0.15) is 0 Å². The molecule has 0 atom stereocenters. The second-order valence-electron chi connectivity index (χ2n) is 4.80. The Hall–Kier alpha value is -2.08. The maximum atomic E-state index is 12.2. The van der Waals surface area contributed by atoms with Gasteiger partial charge in [0, 0.05) is 16.6 Å². The van der Waals surface area contributed by atoms with Gasteiger partial charge >= 0.3 is 0 Å². The van der Waals surface area contributed by atoms with Gasteiger partial charge in [-0.25, -0.2) is 4.98 Å². The number of nitrogens with zero attached hydrogens (tertiary/aromatic N) is 1. The number of carbonyl (C=O) groups excluding carboxylic acids is 1. The SMILES string of the molecule is CCCCOc1ccc(C(=O)Nc2ncc(C)s2)cc1OC. The van der Waals surface area contributed by atoms with Crippen molar-refractivity contribution in [1.82, 2.24) is 4.98 Å². The Morgan fingerprint density at radius 2 is 2.18 bits per heavy atom. The van der Waals surface area contributed by atoms with Crippen LogP contribution in [0.25, 0.3) is 0 Å². The third kappa shape index (κ3) is 4.21. The largest absolute Gasteiger partial charge is 0.493 e. The second-order valence-corrected chi connectivity index (χ2v) is 6.03. The molecule has 0 unspecified atom stereocenters. The van der Waals surface area contributed by atoms with Gasteiger partial charge in [0.25, 0.3) is 5.91 Å². The molecule has 0 aliphatic carbocycles. The number of amides is 1. The Kier molecular flexibility index (Phi) is 5.77. The van der Waals surface area contributed by atoms with Gasteiger partial charge in [-0.05, 0) is 31.5 Å². The third-order valence-corrected chi connectivity index (χ3v) is 3.85. The van der Waals surface area contributed by atoms with Gasteiger partial charge in [0.15, 0.2) is 16.6 Å². The van der Waals surface area contributed by atoms with Crippen LogP contribution in [0.1, 0.15) is 35.0 Å². The van der Waals surface area contributed by atoms with Crippen LogP contribution in [0.5, 0.6) is 11.5 Å². The number of methoxy groups -OCH3 is 1. The van der Waals surface area contributed by atoms with Crippen LogP contribution in [0.3, 0.4) is 0 Å². The molecule has 2 rings (SSSR count). The zero-order chi connectivity index (χ0) is 15.9. The van der Waals surface area contributed by atoms with Crippen LogP contribution in [0, 0.1) is 6.92 Å². The number of carbonyl (C=O) groups is 1. The molecule has 0 aliphatic rings. The summed E-state index contributed by atoms with van der Waals surface area (Å²) < 4.78 is 11.0. The number of aryl methyl sites for hydroxylation is 1. The molecule has 1 aromatic carbocycles. The maximum Gasteiger partial charge on any atom is 0.257 e. The van der Waals surface area contributed by atoms with Gasteiger partial charge in [-0.1, -0.05) is 13.3 Å². The zero-order valence-electron chi connectivity index (χ0n) is 13.0. The van der Waals surface area contributed by atoms with Gasteiger partial charge in [-0.3, -0.25) is 10.1 Å². The lowest BCUT2D eigenvalue weighted by Gasteiger charge is -2.11. The third-order valence-electron chi connectivity index (χ3n) is 3.02. The molecule has 2 aromatic rings. The summed E-state index contributed by atoms with van der Waals surface area (Å²) in [6.07, 6.45) is 3.77. The summed E-state index contributed by atoms with van der Waals surface area (Å²) in [6.45, 7) is 4.68. The molecule has 1 N–H and O–H groups in total. The monoisotopic (exact) mass is 320 g/mol. The Morgan fingerprint density at radius 1 is 1.36 bits per heavy atom. The van der Waals surface area contributed by atoms with Crippen LogP contribution < -0.4 is 14.8 Å². The van der Waals surface area contributed by atoms with E-state index < -0.39 is 0 Å². The molecule has 0 aliphatic heterocycles. The van der Waals surface area contributed by atoms with E-state index in [1.165, 1.54) is 11.3 Å². The lowest BCUT2D eigenvalue weighted by molar-refractivity contribution is 0.102. The van der Waals surface area contributed by atoms with E-state index in [-0.39, 0.29) is 5.91 Å². The summed E-state index contributed by atoms with van der Waals surface area (Å²) in [6, 6.07) is 5.16. The number of aromatic nitrogens is 1. The molecule has 0 radical (unpaired) electrons. The fraction of sp³-hybridized carbons (Fsp3) is 0.375. The first kappa shape index (κ1) is 16.3. The molecule has 1 amide bonds. The summed E-state index contributed by atoms with van der Waals surface area (Å²) in [5.41, 5.74) is 0.507. The molecular formula is C16H20N2O3S. The van der Waals surface area contributed by atoms with Crippen LogP contribution in [-0.2, 0) is 0 Å². The van der Waals surface area contributed by atoms with E-state index in [0.29, 0.717) is 28.8 Å². The van der Waals surface area contributed by atoms with Gasteiger partial charge in [-0.15, -0.1) is 11.3 Å². The second kappa shape index (κ2) is 7.79. The van der Waals surface area contributed by atoms with Crippen LogP contribution in [0.4, 0.5) is 5.13 Å². The molecule has 0 fully saturated rings. The first-order valence-corrected chi connectivity index (χ1v) is 8.00. The average Bonchev–Trinajstić information content (AvgIpc) is 2.92. The van der Waals surface area contributed by atoms with E-state index in [0.717, 1.165) is 17.7 Å². The van der Waals surface area contributed by atoms with Crippen molar-refractivity contribution in [2.75, 3.05) is 19.0 Å². The first-order chi connectivity index (χ1) is 10.6. The highest BCUT2D eigenvalue weighted by atomic mass is 32.1. The molecule has 0 spiro atoms. The van der Waals surface area contributed by atoms with Crippen LogP contribution in [0.2, 0.25) is 0 Å². The average molecular weight is 320 g/mol. The normalized spacial score (nSPS) is 10.3. The number of unbranched alkanes of at least 4 members (excludes halogenated alkanes) is 1. The van der Waals surface area contributed by atoms with Crippen LogP contribution >= 0.6 is 11.3 Å². The molecule has 118 valence electrons. The van der Waals surface area contributed by atoms with Gasteiger partial charge in [0.05, 0.1) is 13.7 Å². The van der Waals surface area contributed by atoms with Crippen molar-refractivity contribution in [2.45, 2.75) is 26.7 Å². The Bertz CT molecular complexity index is 640. The lowest BCUT2D eigenvalue weighted by Crippen LogP contribution is -2.12. The van der Waals surface area contributed by atoms with Crippen LogP contribution in [0.15, 0.2) is 24.4 Å². The van der Waals surface area contributed by atoms with Crippen LogP contribution in [-0.4, -0.2) is 24.6 Å². The molecule has 6 heteroatoms. The Balaban J connectivity index is 2.09. The van der Waals surface area contributed by atoms with Gasteiger partial charge in [-0.2, -0.15) is 0 Å². The number of hydrogen-bond acceptors (Lipinski definition) is 5. The Labute approximate surface area is 134 Å². The minimum Gasteiger partial charge on any atom is -0.493 e. The van der Waals surface area contributed by atoms with Gasteiger partial charge in [0.2, 0.25) is 0 Å². The summed E-state index contributed by atoms with van der Waals surface area (Å²) in [5.74, 6) is 0.990. The molecule has 0 bridgehead atoms. The molecule has 1 heterocycles. The van der Waals surface area contributed by atoms with Crippen molar-refractivity contribution in [3.63, 3.8) is 0 Å². The van der Waals surface area contributed by atoms with Crippen molar-refractivity contribution in [3.8, 4) is 11.5 Å². The number of nitrogens with one attached hydrogen (secondary N) is 1. The maximum absolute atomic E-state index is 12.2. The molecule has 5 nitrogen and oxygen atoms in total. The van der Waals surface area contributed by atoms with Crippen molar-refractivity contribution < 1.29 is 14.3 Å². The number of anilines is 1. The highest BCUT2D eigenvalue weighted by molar-refractivity contribution is 7.15. The number of hydrogen-bond donors (Lipinski definition) is 1. The fourth-order valence-corrected chi connectivity index (χ4v) is 2.50. The smallest absolute Gasteiger partial charge is 0.257 e. The summed E-state index contributed by atoms with van der Waals surface area (Å²) in [5, 5.41) is 3.36. The van der Waals surface area contributed by atoms with E-state index >= 15 is 0 Å². The molecule has 0 saturated heterocycles. The van der Waals surface area contributed by atoms with E-state index in [9.17, 15) is 4.79 Å². The number of ether oxygens (including phenoxy) is 2. The van der Waals surface area contributed by atoms with E-state index in [1.807, 2.05) is 6.92 Å². The summed E-state index contributed by atoms with van der Waals surface area (Å²) in [4.78, 5) is 17.4. The van der Waals surface area contributed by atoms with E-state index in [1.54, 1.807) is 31.5 Å². The topological polar surface area (TPSA) is 60.5 Å². The molecular weight excluding hydrogens is 300 g/mol. The Morgan fingerprint density at radius 3 is 2.82 bits per heavy atom. The number of thiazole rings is 1. The molecule has 22 heavy (non-hydrogen) atoms. The zero-order valence-corrected chi connectivity index (χ0v) is 13.8. The van der Waals surface area contributed by atoms with E-state index in [2.05, 4.69) is 17.2 Å². The molecule has 1 aromatic heterocycles. The fourth-order valence-electron chi connectivity index (χ4n) is 1.84. The lowest BCUT2D eigenvalue weighted by atomic mass is 10.2. The quantitative estimate of drug-likeness (QED) is 0.786. The summed E-state index contributed by atoms with van der Waals surface area (Å²) in [7, 11) is 1.56. The number of rotatable bonds is 7. The van der Waals surface area contributed by atoms with E-state index in [4.69, 9.17) is 9.47 Å². The minimum absolute atomic E-state index is 0.215. The first-order valence-electron chi connectivity index (χ1n) is 7.18. The summed E-state index contributed by atoms with van der Waals surface area (Å²) >= 11 is 1.44. The minimum atomic E-state index is -0.215. The van der Waals surface area contributed by atoms with Crippen molar-refractivity contribution >= 4 is 22.4 Å². The van der Waals surface area contributed by atoms with Crippen molar-refractivity contribution in [1.29, 1.82) is 0 Å². The predicted molar refractivity (Wildman–Crippen MR) is 88.2 cm³/mol. The highest BCUT2D eigenvalue weighted by Crippen LogP contribution is 2.29. The molecule has 0 saturated carbocycles. The number of benzene rings is 1. The van der Waals surface area contributed by atoms with Crippen molar-refractivity contribution in [3.05, 3.63) is 34.8 Å². The van der Waals surface area contributed by atoms with Crippen molar-refractivity contribution in [2.24, 2.45) is 0 Å². The standard InChI is InChI=1S/C16H20N2O3S/c1-4-5-8-21-13-7-6-12(9-14(13)20-3)15(19)18-16-17-10-11(2)22-16/h6-7,9-10H,4-5,8H2,1-3H3,(H,17,18,19). The predicted octanol–water partition coefficient (Wildman–Crippen LogP) is 3.89.